The fourth-order valence-electron chi connectivity index (χ4n) is 6.72. The molecule has 216 valence electrons. The van der Waals surface area contributed by atoms with Crippen molar-refractivity contribution in [1.82, 2.24) is 9.55 Å². The van der Waals surface area contributed by atoms with Gasteiger partial charge < -0.3 is 5.11 Å². The van der Waals surface area contributed by atoms with Gasteiger partial charge in [0.2, 0.25) is 11.2 Å². The van der Waals surface area contributed by atoms with Crippen molar-refractivity contribution in [3.05, 3.63) is 158 Å². The van der Waals surface area contributed by atoms with Gasteiger partial charge in [0.25, 0.3) is 0 Å². The molecule has 9 aromatic rings. The van der Waals surface area contributed by atoms with E-state index in [4.69, 9.17) is 4.98 Å². The van der Waals surface area contributed by atoms with Gasteiger partial charge in [-0.1, -0.05) is 97.1 Å². The molecule has 0 radical (unpaired) electrons. The molecule has 0 saturated carbocycles. The second-order valence-corrected chi connectivity index (χ2v) is 11.7. The standard InChI is InChI=1S/C42H27N3O.Li/c46-40-18-8-9-28-23-24-37(43-41(28)40)34-15-7-11-31-25-35-30(26-36(31)34)10-6-14-33(35)27-19-21-29(22-20-27)42-44-38-16-4-5-17-39(38)45(42)32-12-2-1-3-13-32;/h1-26,46H;/q;+1. The van der Waals surface area contributed by atoms with Crippen molar-refractivity contribution in [2.75, 3.05) is 0 Å². The second-order valence-electron chi connectivity index (χ2n) is 11.7. The monoisotopic (exact) mass is 596 g/mol. The quantitative estimate of drug-likeness (QED) is 0.175. The van der Waals surface area contributed by atoms with Crippen LogP contribution in [0.25, 0.3) is 82.9 Å². The molecule has 0 saturated heterocycles. The van der Waals surface area contributed by atoms with Crippen molar-refractivity contribution in [2.24, 2.45) is 0 Å². The van der Waals surface area contributed by atoms with Crippen LogP contribution in [0.1, 0.15) is 0 Å². The number of para-hydroxylation sites is 4. The average molecular weight is 597 g/mol. The first-order chi connectivity index (χ1) is 22.7. The summed E-state index contributed by atoms with van der Waals surface area (Å²) < 4.78 is 2.23. The Morgan fingerprint density at radius 3 is 1.96 bits per heavy atom. The zero-order chi connectivity index (χ0) is 30.6. The minimum absolute atomic E-state index is 0. The van der Waals surface area contributed by atoms with E-state index in [0.29, 0.717) is 5.52 Å². The molecule has 0 unspecified atom stereocenters. The molecule has 2 aromatic heterocycles. The summed E-state index contributed by atoms with van der Waals surface area (Å²) in [4.78, 5) is 8.45. The van der Waals surface area contributed by atoms with E-state index in [0.717, 1.165) is 66.5 Å². The number of rotatable bonds is 4. The topological polar surface area (TPSA) is 55.0 Å². The van der Waals surface area contributed by atoms with Crippen molar-refractivity contribution < 1.29 is 29.0 Å². The Labute approximate surface area is 283 Å². The van der Waals surface area contributed by atoms with E-state index < -0.39 is 0 Å². The molecule has 0 fully saturated rings. The normalized spacial score (nSPS) is 11.3. The van der Waals surface area contributed by atoms with Gasteiger partial charge in [0.05, 0.1) is 16.6 Å². The minimum atomic E-state index is -0.00184. The molecule has 2 heterocycles. The molecule has 0 atom stereocenters. The van der Waals surface area contributed by atoms with Crippen LogP contribution in [0.5, 0.6) is 5.75 Å². The van der Waals surface area contributed by atoms with Crippen LogP contribution in [0.4, 0.5) is 0 Å². The van der Waals surface area contributed by atoms with E-state index in [1.807, 2.05) is 24.3 Å². The Hall–Kier alpha value is -5.66. The van der Waals surface area contributed by atoms with Crippen molar-refractivity contribution in [3.8, 4) is 45.2 Å². The summed E-state index contributed by atoms with van der Waals surface area (Å²) in [6.45, 7) is 0. The first-order valence-electron chi connectivity index (χ1n) is 15.4. The van der Waals surface area contributed by atoms with E-state index in [9.17, 15) is 5.11 Å². The molecule has 0 aliphatic heterocycles. The number of benzene rings is 7. The van der Waals surface area contributed by atoms with Crippen LogP contribution in [0.3, 0.4) is 0 Å². The minimum Gasteiger partial charge on any atom is -0.868 e. The molecule has 5 heteroatoms. The Bertz CT molecular complexity index is 2590. The third-order valence-corrected chi connectivity index (χ3v) is 8.95. The van der Waals surface area contributed by atoms with Crippen LogP contribution in [0.2, 0.25) is 0 Å². The van der Waals surface area contributed by atoms with Crippen LogP contribution in [-0.2, 0) is 0 Å². The van der Waals surface area contributed by atoms with Crippen molar-refractivity contribution in [3.63, 3.8) is 0 Å². The second kappa shape index (κ2) is 11.6. The molecule has 0 aliphatic rings. The van der Waals surface area contributed by atoms with E-state index >= 15 is 0 Å². The van der Waals surface area contributed by atoms with E-state index in [1.165, 1.54) is 10.9 Å². The SMILES string of the molecule is [Li+].[O-]c1cccc2ccc(-c3cccc4cc5c(-c6ccc(-c7nc8ccccc8n7-c7ccccc7)cc6)cccc5cc34)[nH+]c12. The molecular formula is C42H27LiN3O+. The summed E-state index contributed by atoms with van der Waals surface area (Å²) in [5.74, 6) is 0.919. The molecule has 4 nitrogen and oxygen atoms in total. The van der Waals surface area contributed by atoms with Gasteiger partial charge in [-0.05, 0) is 93.0 Å². The maximum atomic E-state index is 12.6. The van der Waals surface area contributed by atoms with Gasteiger partial charge >= 0.3 is 18.9 Å². The summed E-state index contributed by atoms with van der Waals surface area (Å²) in [5, 5.41) is 18.1. The predicted octanol–water partition coefficient (Wildman–Crippen LogP) is 6.38. The van der Waals surface area contributed by atoms with E-state index in [2.05, 4.69) is 131 Å². The van der Waals surface area contributed by atoms with Gasteiger partial charge in [0, 0.05) is 22.7 Å². The zero-order valence-electron chi connectivity index (χ0n) is 25.8. The van der Waals surface area contributed by atoms with Gasteiger partial charge in [0.1, 0.15) is 5.82 Å². The smallest absolute Gasteiger partial charge is 0.868 e. The summed E-state index contributed by atoms with van der Waals surface area (Å²) in [6, 6.07) is 54.3. The number of aromatic nitrogens is 3. The fraction of sp³-hybridized carbons (Fsp3) is 0. The van der Waals surface area contributed by atoms with Gasteiger partial charge in [-0.15, -0.1) is 0 Å². The van der Waals surface area contributed by atoms with Crippen LogP contribution in [0.15, 0.2) is 158 Å². The Morgan fingerprint density at radius 1 is 0.532 bits per heavy atom. The molecule has 0 aliphatic carbocycles. The summed E-state index contributed by atoms with van der Waals surface area (Å²) >= 11 is 0. The Morgan fingerprint density at radius 2 is 1.17 bits per heavy atom. The molecule has 9 rings (SSSR count). The number of nitrogens with zero attached hydrogens (tertiary/aromatic N) is 2. The number of imidazole rings is 1. The summed E-state index contributed by atoms with van der Waals surface area (Å²) in [7, 11) is 0. The molecule has 0 amide bonds. The van der Waals surface area contributed by atoms with E-state index in [1.54, 1.807) is 12.1 Å². The number of H-pyrrole nitrogens is 1. The third kappa shape index (κ3) is 4.87. The zero-order valence-corrected chi connectivity index (χ0v) is 25.8. The largest absolute Gasteiger partial charge is 1.00 e. The number of hydrogen-bond donors (Lipinski definition) is 0. The van der Waals surface area contributed by atoms with Crippen molar-refractivity contribution >= 4 is 43.5 Å². The number of aromatic amines is 1. The summed E-state index contributed by atoms with van der Waals surface area (Å²) in [6.07, 6.45) is 0. The van der Waals surface area contributed by atoms with Gasteiger partial charge in [-0.3, -0.25) is 4.57 Å². The van der Waals surface area contributed by atoms with Gasteiger partial charge in [0.15, 0.2) is 0 Å². The number of nitrogens with one attached hydrogen (secondary N) is 1. The maximum Gasteiger partial charge on any atom is 1.00 e. The Balaban J connectivity index is 0.00000324. The first-order valence-corrected chi connectivity index (χ1v) is 15.4. The van der Waals surface area contributed by atoms with Crippen molar-refractivity contribution in [2.45, 2.75) is 0 Å². The third-order valence-electron chi connectivity index (χ3n) is 8.95. The molecule has 0 spiro atoms. The van der Waals surface area contributed by atoms with Gasteiger partial charge in [-0.25, -0.2) is 9.97 Å². The van der Waals surface area contributed by atoms with Crippen LogP contribution >= 0.6 is 0 Å². The Kier molecular flexibility index (Phi) is 7.11. The number of fused-ring (bicyclic) bond motifs is 4. The first kappa shape index (κ1) is 28.8. The van der Waals surface area contributed by atoms with E-state index in [-0.39, 0.29) is 24.6 Å². The molecule has 47 heavy (non-hydrogen) atoms. The average Bonchev–Trinajstić information content (AvgIpc) is 3.50. The molecule has 7 aromatic carbocycles. The van der Waals surface area contributed by atoms with Gasteiger partial charge in [-0.2, -0.15) is 0 Å². The summed E-state index contributed by atoms with van der Waals surface area (Å²) in [5.41, 5.74) is 9.16. The van der Waals surface area contributed by atoms with Crippen LogP contribution < -0.4 is 29.0 Å². The number of pyridine rings is 1. The van der Waals surface area contributed by atoms with Crippen LogP contribution in [0, 0.1) is 0 Å². The fourth-order valence-corrected chi connectivity index (χ4v) is 6.72. The maximum absolute atomic E-state index is 12.6. The molecule has 1 N–H and O–H groups in total. The predicted molar refractivity (Wildman–Crippen MR) is 186 cm³/mol. The number of hydrogen-bond acceptors (Lipinski definition) is 2. The van der Waals surface area contributed by atoms with Crippen molar-refractivity contribution in [1.29, 1.82) is 0 Å². The van der Waals surface area contributed by atoms with Crippen LogP contribution in [-0.4, -0.2) is 9.55 Å². The molecular weight excluding hydrogens is 569 g/mol. The molecule has 0 bridgehead atoms.